The molecule has 10 heteroatoms. The van der Waals surface area contributed by atoms with E-state index in [1.165, 1.54) is 14.0 Å². The molecule has 0 unspecified atom stereocenters. The Bertz CT molecular complexity index is 1280. The monoisotopic (exact) mass is 537 g/mol. The molecule has 3 aromatic carbocycles. The lowest BCUT2D eigenvalue weighted by atomic mass is 10.0. The second kappa shape index (κ2) is 13.8. The number of amides is 3. The first-order chi connectivity index (χ1) is 18.7. The van der Waals surface area contributed by atoms with E-state index in [0.29, 0.717) is 11.6 Å². The highest BCUT2D eigenvalue weighted by Gasteiger charge is 2.30. The Morgan fingerprint density at radius 3 is 1.95 bits per heavy atom. The van der Waals surface area contributed by atoms with E-state index in [9.17, 15) is 28.0 Å². The molecule has 0 heterocycles. The highest BCUT2D eigenvalue weighted by molar-refractivity contribution is 5.94. The number of esters is 1. The van der Waals surface area contributed by atoms with Crippen molar-refractivity contribution in [3.8, 4) is 0 Å². The molecule has 3 N–H and O–H groups in total. The zero-order valence-corrected chi connectivity index (χ0v) is 21.4. The van der Waals surface area contributed by atoms with E-state index in [0.717, 1.165) is 17.7 Å². The number of rotatable bonds is 11. The summed E-state index contributed by atoms with van der Waals surface area (Å²) in [6, 6.07) is 16.9. The Morgan fingerprint density at radius 1 is 0.769 bits per heavy atom. The van der Waals surface area contributed by atoms with Crippen LogP contribution in [0.15, 0.2) is 78.9 Å². The van der Waals surface area contributed by atoms with Crippen LogP contribution in [-0.2, 0) is 36.8 Å². The molecule has 0 aliphatic carbocycles. The normalized spacial score (nSPS) is 12.9. The van der Waals surface area contributed by atoms with Crippen molar-refractivity contribution in [3.05, 3.63) is 107 Å². The second-order valence-corrected chi connectivity index (χ2v) is 8.87. The highest BCUT2D eigenvalue weighted by atomic mass is 19.1. The van der Waals surface area contributed by atoms with Crippen LogP contribution >= 0.6 is 0 Å². The topological polar surface area (TPSA) is 114 Å². The molecule has 0 aromatic heterocycles. The van der Waals surface area contributed by atoms with Gasteiger partial charge in [-0.1, -0.05) is 60.7 Å². The minimum absolute atomic E-state index is 0.102. The molecule has 204 valence electrons. The SMILES string of the molecule is COC(=O)[C@@H](NC(=O)[C@H](Cc1ccccc1)NC(=O)[C@H](C)NC(=O)Cc1cc(F)cc(F)c1)c1ccccc1. The standard InChI is InChI=1S/C29H29F2N3O5/c1-18(32-25(35)16-20-13-22(30)17-23(31)14-20)27(36)33-24(15-19-9-5-3-6-10-19)28(37)34-26(29(38)39-2)21-11-7-4-8-12-21/h3-14,17-18,24,26H,15-16H2,1-2H3,(H,32,35)(H,33,36)(H,34,37)/t18-,24-,26-/m0/s1. The number of benzene rings is 3. The van der Waals surface area contributed by atoms with Gasteiger partial charge in [0.15, 0.2) is 6.04 Å². The molecule has 3 aromatic rings. The van der Waals surface area contributed by atoms with E-state index < -0.39 is 53.5 Å². The number of nitrogens with one attached hydrogen (secondary N) is 3. The zero-order chi connectivity index (χ0) is 28.4. The minimum atomic E-state index is -1.11. The molecular weight excluding hydrogens is 508 g/mol. The number of hydrogen-bond acceptors (Lipinski definition) is 5. The molecule has 39 heavy (non-hydrogen) atoms. The van der Waals surface area contributed by atoms with Crippen LogP contribution in [-0.4, -0.2) is 42.9 Å². The van der Waals surface area contributed by atoms with Gasteiger partial charge in [0.2, 0.25) is 17.7 Å². The molecule has 0 saturated heterocycles. The highest BCUT2D eigenvalue weighted by Crippen LogP contribution is 2.15. The predicted molar refractivity (Wildman–Crippen MR) is 139 cm³/mol. The third-order valence-corrected chi connectivity index (χ3v) is 5.83. The number of ether oxygens (including phenoxy) is 1. The van der Waals surface area contributed by atoms with Gasteiger partial charge in [0, 0.05) is 12.5 Å². The van der Waals surface area contributed by atoms with E-state index in [-0.39, 0.29) is 18.4 Å². The maximum absolute atomic E-state index is 13.4. The van der Waals surface area contributed by atoms with Gasteiger partial charge in [-0.2, -0.15) is 0 Å². The third kappa shape index (κ3) is 8.74. The lowest BCUT2D eigenvalue weighted by Crippen LogP contribution is -2.54. The predicted octanol–water partition coefficient (Wildman–Crippen LogP) is 2.77. The van der Waals surface area contributed by atoms with Crippen molar-refractivity contribution >= 4 is 23.7 Å². The Kier molecular flexibility index (Phi) is 10.3. The summed E-state index contributed by atoms with van der Waals surface area (Å²) < 4.78 is 31.7. The number of carbonyl (C=O) groups excluding carboxylic acids is 4. The fraction of sp³-hybridized carbons (Fsp3) is 0.241. The van der Waals surface area contributed by atoms with Crippen LogP contribution < -0.4 is 16.0 Å². The van der Waals surface area contributed by atoms with Crippen LogP contribution in [0.25, 0.3) is 0 Å². The number of hydrogen-bond donors (Lipinski definition) is 3. The molecule has 0 spiro atoms. The quantitative estimate of drug-likeness (QED) is 0.326. The van der Waals surface area contributed by atoms with E-state index in [2.05, 4.69) is 16.0 Å². The van der Waals surface area contributed by atoms with Gasteiger partial charge >= 0.3 is 5.97 Å². The van der Waals surface area contributed by atoms with Crippen molar-refractivity contribution in [2.75, 3.05) is 7.11 Å². The van der Waals surface area contributed by atoms with E-state index in [1.807, 2.05) is 6.07 Å². The average molecular weight is 538 g/mol. The summed E-state index contributed by atoms with van der Waals surface area (Å²) in [5, 5.41) is 7.74. The van der Waals surface area contributed by atoms with Gasteiger partial charge in [0.05, 0.1) is 13.5 Å². The summed E-state index contributed by atoms with van der Waals surface area (Å²) in [6.07, 6.45) is -0.248. The van der Waals surface area contributed by atoms with Crippen molar-refractivity contribution in [3.63, 3.8) is 0 Å². The summed E-state index contributed by atoms with van der Waals surface area (Å²) in [5.41, 5.74) is 1.35. The maximum Gasteiger partial charge on any atom is 0.333 e. The van der Waals surface area contributed by atoms with Crippen molar-refractivity contribution in [2.24, 2.45) is 0 Å². The first-order valence-electron chi connectivity index (χ1n) is 12.2. The lowest BCUT2D eigenvalue weighted by molar-refractivity contribution is -0.145. The third-order valence-electron chi connectivity index (χ3n) is 5.83. The van der Waals surface area contributed by atoms with Gasteiger partial charge in [0.25, 0.3) is 0 Å². The number of halogens is 2. The first kappa shape index (κ1) is 29.0. The summed E-state index contributed by atoms with van der Waals surface area (Å²) in [7, 11) is 1.20. The fourth-order valence-electron chi connectivity index (χ4n) is 3.90. The average Bonchev–Trinajstić information content (AvgIpc) is 2.91. The molecule has 0 aliphatic heterocycles. The number of carbonyl (C=O) groups is 4. The van der Waals surface area contributed by atoms with Crippen LogP contribution in [0.1, 0.15) is 29.7 Å². The lowest BCUT2D eigenvalue weighted by Gasteiger charge is -2.24. The van der Waals surface area contributed by atoms with Crippen LogP contribution in [0.2, 0.25) is 0 Å². The van der Waals surface area contributed by atoms with Crippen molar-refractivity contribution in [2.45, 2.75) is 37.9 Å². The van der Waals surface area contributed by atoms with Crippen LogP contribution in [0, 0.1) is 11.6 Å². The van der Waals surface area contributed by atoms with Crippen LogP contribution in [0.5, 0.6) is 0 Å². The Labute approximate surface area is 224 Å². The van der Waals surface area contributed by atoms with Crippen molar-refractivity contribution in [1.29, 1.82) is 0 Å². The fourth-order valence-corrected chi connectivity index (χ4v) is 3.90. The largest absolute Gasteiger partial charge is 0.467 e. The Morgan fingerprint density at radius 2 is 1.36 bits per heavy atom. The van der Waals surface area contributed by atoms with Gasteiger partial charge in [-0.05, 0) is 35.7 Å². The molecule has 0 saturated carbocycles. The molecule has 3 rings (SSSR count). The molecule has 0 bridgehead atoms. The van der Waals surface area contributed by atoms with Crippen LogP contribution in [0.3, 0.4) is 0 Å². The summed E-state index contributed by atoms with van der Waals surface area (Å²) >= 11 is 0. The molecule has 0 aliphatic rings. The van der Waals surface area contributed by atoms with Crippen LogP contribution in [0.4, 0.5) is 8.78 Å². The van der Waals surface area contributed by atoms with Gasteiger partial charge in [0.1, 0.15) is 23.7 Å². The van der Waals surface area contributed by atoms with Crippen molar-refractivity contribution in [1.82, 2.24) is 16.0 Å². The van der Waals surface area contributed by atoms with Gasteiger partial charge in [-0.15, -0.1) is 0 Å². The van der Waals surface area contributed by atoms with Gasteiger partial charge in [-0.3, -0.25) is 14.4 Å². The summed E-state index contributed by atoms with van der Waals surface area (Å²) in [6.45, 7) is 1.41. The summed E-state index contributed by atoms with van der Waals surface area (Å²) in [5.74, 6) is -4.27. The molecule has 3 atom stereocenters. The minimum Gasteiger partial charge on any atom is -0.467 e. The molecule has 0 fully saturated rings. The van der Waals surface area contributed by atoms with Gasteiger partial charge < -0.3 is 20.7 Å². The molecule has 0 radical (unpaired) electrons. The molecule has 8 nitrogen and oxygen atoms in total. The van der Waals surface area contributed by atoms with E-state index in [4.69, 9.17) is 4.74 Å². The maximum atomic E-state index is 13.4. The Hall–Kier alpha value is -4.60. The van der Waals surface area contributed by atoms with Gasteiger partial charge in [-0.25, -0.2) is 13.6 Å². The zero-order valence-electron chi connectivity index (χ0n) is 21.4. The second-order valence-electron chi connectivity index (χ2n) is 8.87. The molecule has 3 amide bonds. The summed E-state index contributed by atoms with van der Waals surface area (Å²) in [4.78, 5) is 51.2. The van der Waals surface area contributed by atoms with Crippen molar-refractivity contribution < 1.29 is 32.7 Å². The smallest absolute Gasteiger partial charge is 0.333 e. The first-order valence-corrected chi connectivity index (χ1v) is 12.2. The van der Waals surface area contributed by atoms with E-state index >= 15 is 0 Å². The number of methoxy groups -OCH3 is 1. The van der Waals surface area contributed by atoms with E-state index in [1.54, 1.807) is 54.6 Å². The Balaban J connectivity index is 1.72. The molecular formula is C29H29F2N3O5.